The third-order valence-corrected chi connectivity index (χ3v) is 4.78. The molecule has 3 unspecified atom stereocenters. The van der Waals surface area contributed by atoms with Gasteiger partial charge in [0.2, 0.25) is 0 Å². The molecule has 0 aliphatic heterocycles. The van der Waals surface area contributed by atoms with E-state index in [4.69, 9.17) is 21.3 Å². The van der Waals surface area contributed by atoms with Crippen LogP contribution in [0, 0.1) is 11.8 Å². The van der Waals surface area contributed by atoms with Gasteiger partial charge in [0.1, 0.15) is 11.6 Å². The number of aromatic nitrogens is 2. The van der Waals surface area contributed by atoms with Gasteiger partial charge < -0.3 is 9.30 Å². The Labute approximate surface area is 131 Å². The van der Waals surface area contributed by atoms with Crippen LogP contribution in [0.4, 0.5) is 0 Å². The molecule has 114 valence electrons. The van der Waals surface area contributed by atoms with Crippen molar-refractivity contribution in [3.63, 3.8) is 0 Å². The van der Waals surface area contributed by atoms with Gasteiger partial charge in [-0.25, -0.2) is 4.98 Å². The fraction of sp³-hybridized carbons (Fsp3) is 0.588. The molecular formula is C17H23ClN2O. The molecule has 0 N–H and O–H groups in total. The zero-order valence-electron chi connectivity index (χ0n) is 13.0. The molecule has 21 heavy (non-hydrogen) atoms. The van der Waals surface area contributed by atoms with Gasteiger partial charge >= 0.3 is 0 Å². The fourth-order valence-electron chi connectivity index (χ4n) is 3.50. The first kappa shape index (κ1) is 14.7. The van der Waals surface area contributed by atoms with Crippen LogP contribution in [0.1, 0.15) is 44.3 Å². The molecule has 3 nitrogen and oxygen atoms in total. The van der Waals surface area contributed by atoms with E-state index in [0.717, 1.165) is 41.0 Å². The highest BCUT2D eigenvalue weighted by Crippen LogP contribution is 2.34. The number of hydrogen-bond donors (Lipinski definition) is 0. The van der Waals surface area contributed by atoms with Gasteiger partial charge in [0.15, 0.2) is 0 Å². The molecule has 0 spiro atoms. The molecule has 1 fully saturated rings. The van der Waals surface area contributed by atoms with Gasteiger partial charge in [-0.15, -0.1) is 11.6 Å². The number of benzene rings is 1. The molecule has 0 radical (unpaired) electrons. The quantitative estimate of drug-likeness (QED) is 0.760. The van der Waals surface area contributed by atoms with Crippen molar-refractivity contribution in [2.75, 3.05) is 7.11 Å². The van der Waals surface area contributed by atoms with Gasteiger partial charge in [0.25, 0.3) is 0 Å². The predicted molar refractivity (Wildman–Crippen MR) is 87.1 cm³/mol. The van der Waals surface area contributed by atoms with Crippen molar-refractivity contribution in [3.05, 3.63) is 24.0 Å². The van der Waals surface area contributed by atoms with Gasteiger partial charge in [-0.2, -0.15) is 0 Å². The zero-order chi connectivity index (χ0) is 15.0. The van der Waals surface area contributed by atoms with Gasteiger partial charge in [-0.05, 0) is 43.7 Å². The minimum absolute atomic E-state index is 0.0813. The maximum Gasteiger partial charge on any atom is 0.127 e. The Bertz CT molecular complexity index is 635. The van der Waals surface area contributed by atoms with Crippen LogP contribution in [-0.4, -0.2) is 16.7 Å². The van der Waals surface area contributed by atoms with E-state index < -0.39 is 0 Å². The predicted octanol–water partition coefficient (Wildman–Crippen LogP) is 4.78. The Morgan fingerprint density at radius 2 is 2.24 bits per heavy atom. The van der Waals surface area contributed by atoms with E-state index in [9.17, 15) is 0 Å². The molecule has 1 aliphatic rings. The van der Waals surface area contributed by atoms with Gasteiger partial charge in [-0.3, -0.25) is 0 Å². The lowest BCUT2D eigenvalue weighted by Gasteiger charge is -2.15. The first-order chi connectivity index (χ1) is 10.1. The maximum absolute atomic E-state index is 6.35. The topological polar surface area (TPSA) is 27.1 Å². The molecule has 0 bridgehead atoms. The summed E-state index contributed by atoms with van der Waals surface area (Å²) in [5.74, 6) is 3.41. The Kier molecular flexibility index (Phi) is 4.12. The molecule has 3 atom stereocenters. The first-order valence-corrected chi connectivity index (χ1v) is 8.20. The summed E-state index contributed by atoms with van der Waals surface area (Å²) in [6.45, 7) is 5.37. The van der Waals surface area contributed by atoms with Crippen LogP contribution in [0.25, 0.3) is 11.0 Å². The first-order valence-electron chi connectivity index (χ1n) is 7.76. The second-order valence-electron chi connectivity index (χ2n) is 6.34. The lowest BCUT2D eigenvalue weighted by atomic mass is 10.1. The van der Waals surface area contributed by atoms with E-state index in [2.05, 4.69) is 17.6 Å². The molecule has 0 saturated heterocycles. The third kappa shape index (κ3) is 2.89. The molecular weight excluding hydrogens is 284 g/mol. The number of alkyl halides is 1. The number of methoxy groups -OCH3 is 1. The van der Waals surface area contributed by atoms with Crippen LogP contribution >= 0.6 is 11.6 Å². The summed E-state index contributed by atoms with van der Waals surface area (Å²) in [5.41, 5.74) is 2.14. The van der Waals surface area contributed by atoms with E-state index in [1.165, 1.54) is 19.3 Å². The minimum Gasteiger partial charge on any atom is -0.497 e. The molecule has 1 heterocycles. The highest BCUT2D eigenvalue weighted by molar-refractivity contribution is 6.20. The van der Waals surface area contributed by atoms with Crippen LogP contribution in [0.3, 0.4) is 0 Å². The monoisotopic (exact) mass is 306 g/mol. The molecule has 0 amide bonds. The van der Waals surface area contributed by atoms with Crippen molar-refractivity contribution < 1.29 is 4.74 Å². The summed E-state index contributed by atoms with van der Waals surface area (Å²) in [6, 6.07) is 6.09. The second kappa shape index (κ2) is 5.88. The van der Waals surface area contributed by atoms with Crippen LogP contribution in [-0.2, 0) is 6.54 Å². The highest BCUT2D eigenvalue weighted by atomic mass is 35.5. The number of hydrogen-bond acceptors (Lipinski definition) is 2. The van der Waals surface area contributed by atoms with Crippen LogP contribution in [0.15, 0.2) is 18.2 Å². The summed E-state index contributed by atoms with van der Waals surface area (Å²) in [4.78, 5) is 4.73. The second-order valence-corrected chi connectivity index (χ2v) is 6.99. The average Bonchev–Trinajstić information content (AvgIpc) is 3.03. The van der Waals surface area contributed by atoms with Gasteiger partial charge in [0.05, 0.1) is 23.5 Å². The number of halogens is 1. The van der Waals surface area contributed by atoms with Crippen molar-refractivity contribution in [1.29, 1.82) is 0 Å². The summed E-state index contributed by atoms with van der Waals surface area (Å²) in [6.07, 6.45) is 3.97. The summed E-state index contributed by atoms with van der Waals surface area (Å²) in [7, 11) is 1.68. The molecule has 1 saturated carbocycles. The molecule has 1 aromatic carbocycles. The number of nitrogens with zero attached hydrogens (tertiary/aromatic N) is 2. The zero-order valence-corrected chi connectivity index (χ0v) is 13.7. The normalized spacial score (nSPS) is 23.6. The van der Waals surface area contributed by atoms with E-state index in [1.807, 2.05) is 19.1 Å². The van der Waals surface area contributed by atoms with E-state index in [0.29, 0.717) is 0 Å². The van der Waals surface area contributed by atoms with Crippen molar-refractivity contribution in [2.24, 2.45) is 11.8 Å². The number of imidazole rings is 1. The fourth-order valence-corrected chi connectivity index (χ4v) is 3.67. The van der Waals surface area contributed by atoms with E-state index in [1.54, 1.807) is 7.11 Å². The molecule has 1 aromatic heterocycles. The SMILES string of the molecule is COc1ccc2c(c1)nc(C(C)Cl)n2CC1CCC(C)C1. The number of rotatable bonds is 4. The van der Waals surface area contributed by atoms with Crippen molar-refractivity contribution in [1.82, 2.24) is 9.55 Å². The van der Waals surface area contributed by atoms with Gasteiger partial charge in [0, 0.05) is 12.6 Å². The summed E-state index contributed by atoms with van der Waals surface area (Å²) >= 11 is 6.35. The number of ether oxygens (including phenoxy) is 1. The van der Waals surface area contributed by atoms with Crippen molar-refractivity contribution in [2.45, 2.75) is 45.0 Å². The average molecular weight is 307 g/mol. The molecule has 1 aliphatic carbocycles. The Hall–Kier alpha value is -1.22. The van der Waals surface area contributed by atoms with E-state index in [-0.39, 0.29) is 5.38 Å². The summed E-state index contributed by atoms with van der Waals surface area (Å²) in [5, 5.41) is -0.0813. The van der Waals surface area contributed by atoms with Crippen LogP contribution < -0.4 is 4.74 Å². The molecule has 4 heteroatoms. The van der Waals surface area contributed by atoms with Crippen LogP contribution in [0.5, 0.6) is 5.75 Å². The smallest absolute Gasteiger partial charge is 0.127 e. The van der Waals surface area contributed by atoms with Crippen molar-refractivity contribution >= 4 is 22.6 Å². The molecule has 3 rings (SSSR count). The maximum atomic E-state index is 6.35. The molecule has 2 aromatic rings. The van der Waals surface area contributed by atoms with Crippen LogP contribution in [0.2, 0.25) is 0 Å². The lowest BCUT2D eigenvalue weighted by molar-refractivity contribution is 0.415. The standard InChI is InChI=1S/C17H23ClN2O/c1-11-4-5-13(8-11)10-20-16-7-6-14(21-3)9-15(16)19-17(20)12(2)18/h6-7,9,11-13H,4-5,8,10H2,1-3H3. The lowest BCUT2D eigenvalue weighted by Crippen LogP contribution is -2.11. The Morgan fingerprint density at radius 1 is 1.43 bits per heavy atom. The van der Waals surface area contributed by atoms with Gasteiger partial charge in [-0.1, -0.05) is 13.3 Å². The van der Waals surface area contributed by atoms with Crippen molar-refractivity contribution in [3.8, 4) is 5.75 Å². The Morgan fingerprint density at radius 3 is 2.86 bits per heavy atom. The minimum atomic E-state index is -0.0813. The highest BCUT2D eigenvalue weighted by Gasteiger charge is 2.24. The third-order valence-electron chi connectivity index (χ3n) is 4.58. The Balaban J connectivity index is 1.99. The van der Waals surface area contributed by atoms with E-state index >= 15 is 0 Å². The largest absolute Gasteiger partial charge is 0.497 e. The number of fused-ring (bicyclic) bond motifs is 1. The summed E-state index contributed by atoms with van der Waals surface area (Å²) < 4.78 is 7.61.